The van der Waals surface area contributed by atoms with Crippen molar-refractivity contribution >= 4 is 17.2 Å². The number of furan rings is 1. The average molecular weight is 306 g/mol. The maximum Gasteiger partial charge on any atom is 0.255 e. The van der Waals surface area contributed by atoms with Crippen LogP contribution in [0.15, 0.2) is 21.2 Å². The molecule has 1 N–H and O–H groups in total. The third kappa shape index (κ3) is 3.36. The molecule has 5 heteroatoms. The Morgan fingerprint density at radius 1 is 1.33 bits per heavy atom. The van der Waals surface area contributed by atoms with Gasteiger partial charge in [-0.25, -0.2) is 0 Å². The second-order valence-corrected chi connectivity index (χ2v) is 6.24. The number of aryl methyl sites for hydroxylation is 2. The lowest BCUT2D eigenvalue weighted by Gasteiger charge is -2.24. The number of hydrogen-bond donors (Lipinski definition) is 1. The summed E-state index contributed by atoms with van der Waals surface area (Å²) >= 11 is 1.67. The summed E-state index contributed by atoms with van der Waals surface area (Å²) in [5.74, 6) is 1.42. The molecule has 0 radical (unpaired) electrons. The Labute approximate surface area is 129 Å². The van der Waals surface area contributed by atoms with E-state index in [4.69, 9.17) is 4.42 Å². The van der Waals surface area contributed by atoms with E-state index in [0.29, 0.717) is 17.9 Å². The van der Waals surface area contributed by atoms with Crippen LogP contribution in [0.1, 0.15) is 39.0 Å². The Morgan fingerprint density at radius 2 is 2.05 bits per heavy atom. The van der Waals surface area contributed by atoms with Gasteiger partial charge in [-0.15, -0.1) is 0 Å². The van der Waals surface area contributed by atoms with E-state index < -0.39 is 0 Å². The highest BCUT2D eigenvalue weighted by atomic mass is 32.1. The van der Waals surface area contributed by atoms with Crippen molar-refractivity contribution in [1.29, 1.82) is 0 Å². The van der Waals surface area contributed by atoms with Crippen LogP contribution in [0.5, 0.6) is 0 Å². The molecular weight excluding hydrogens is 284 g/mol. The first-order valence-electron chi connectivity index (χ1n) is 6.95. The summed E-state index contributed by atoms with van der Waals surface area (Å²) in [6, 6.07) is 2.27. The van der Waals surface area contributed by atoms with Gasteiger partial charge in [-0.3, -0.25) is 4.79 Å². The Hall–Kier alpha value is -1.59. The second kappa shape index (κ2) is 6.45. The van der Waals surface area contributed by atoms with E-state index in [2.05, 4.69) is 27.0 Å². The van der Waals surface area contributed by atoms with Gasteiger partial charge in [-0.2, -0.15) is 11.3 Å². The van der Waals surface area contributed by atoms with Crippen molar-refractivity contribution in [3.8, 4) is 0 Å². The van der Waals surface area contributed by atoms with Crippen molar-refractivity contribution in [2.45, 2.75) is 26.8 Å². The van der Waals surface area contributed by atoms with Gasteiger partial charge in [0.05, 0.1) is 11.6 Å². The van der Waals surface area contributed by atoms with Crippen LogP contribution in [0.4, 0.5) is 0 Å². The molecule has 4 nitrogen and oxygen atoms in total. The monoisotopic (exact) mass is 306 g/mol. The van der Waals surface area contributed by atoms with Gasteiger partial charge < -0.3 is 14.6 Å². The molecule has 0 saturated carbocycles. The van der Waals surface area contributed by atoms with E-state index in [1.807, 2.05) is 34.9 Å². The molecule has 0 bridgehead atoms. The average Bonchev–Trinajstić information content (AvgIpc) is 2.99. The smallest absolute Gasteiger partial charge is 0.255 e. The summed E-state index contributed by atoms with van der Waals surface area (Å²) in [4.78, 5) is 14.5. The highest BCUT2D eigenvalue weighted by Crippen LogP contribution is 2.22. The molecule has 1 atom stereocenters. The normalized spacial score (nSPS) is 12.7. The highest BCUT2D eigenvalue weighted by Gasteiger charge is 2.21. The van der Waals surface area contributed by atoms with Gasteiger partial charge >= 0.3 is 0 Å². The van der Waals surface area contributed by atoms with Gasteiger partial charge in [0, 0.05) is 12.1 Å². The molecule has 1 amide bonds. The maximum atomic E-state index is 12.4. The van der Waals surface area contributed by atoms with Crippen molar-refractivity contribution in [1.82, 2.24) is 10.2 Å². The third-order valence-electron chi connectivity index (χ3n) is 3.80. The largest absolute Gasteiger partial charge is 0.466 e. The van der Waals surface area contributed by atoms with Crippen LogP contribution in [0.25, 0.3) is 0 Å². The predicted molar refractivity (Wildman–Crippen MR) is 86.0 cm³/mol. The third-order valence-corrected chi connectivity index (χ3v) is 4.50. The minimum absolute atomic E-state index is 0.0658. The minimum atomic E-state index is -0.0658. The van der Waals surface area contributed by atoms with Crippen LogP contribution in [-0.4, -0.2) is 31.4 Å². The van der Waals surface area contributed by atoms with Gasteiger partial charge in [-0.1, -0.05) is 0 Å². The van der Waals surface area contributed by atoms with E-state index in [9.17, 15) is 4.79 Å². The molecular formula is C16H22N2O2S. The lowest BCUT2D eigenvalue weighted by atomic mass is 10.1. The number of likely N-dealkylation sites (N-methyl/N-ethyl adjacent to an activating group) is 1. The number of rotatable bonds is 5. The molecule has 2 rings (SSSR count). The molecule has 2 aromatic heterocycles. The molecule has 114 valence electrons. The molecule has 21 heavy (non-hydrogen) atoms. The first-order valence-corrected chi connectivity index (χ1v) is 7.89. The summed E-state index contributed by atoms with van der Waals surface area (Å²) < 4.78 is 5.52. The fourth-order valence-corrected chi connectivity index (χ4v) is 3.18. The number of thiophene rings is 1. The first kappa shape index (κ1) is 15.8. The molecule has 1 unspecified atom stereocenters. The molecule has 0 aliphatic rings. The SMILES string of the molecule is Cc1oc(C)c(C(=O)NCC(c2ccsc2)N(C)C)c1C. The number of amides is 1. The van der Waals surface area contributed by atoms with Gasteiger partial charge in [0.15, 0.2) is 0 Å². The van der Waals surface area contributed by atoms with Gasteiger partial charge in [0.2, 0.25) is 0 Å². The minimum Gasteiger partial charge on any atom is -0.466 e. The Bertz CT molecular complexity index is 615. The zero-order valence-electron chi connectivity index (χ0n) is 13.2. The van der Waals surface area contributed by atoms with Gasteiger partial charge in [-0.05, 0) is 57.3 Å². The zero-order chi connectivity index (χ0) is 15.6. The van der Waals surface area contributed by atoms with E-state index >= 15 is 0 Å². The van der Waals surface area contributed by atoms with Crippen LogP contribution in [-0.2, 0) is 0 Å². The van der Waals surface area contributed by atoms with Gasteiger partial charge in [0.25, 0.3) is 5.91 Å². The summed E-state index contributed by atoms with van der Waals surface area (Å²) in [5, 5.41) is 7.20. The lowest BCUT2D eigenvalue weighted by molar-refractivity contribution is 0.0940. The van der Waals surface area contributed by atoms with Gasteiger partial charge in [0.1, 0.15) is 11.5 Å². The molecule has 0 aromatic carbocycles. The standard InChI is InChI=1S/C16H22N2O2S/c1-10-11(2)20-12(3)15(10)16(19)17-8-14(18(4)5)13-6-7-21-9-13/h6-7,9,14H,8H2,1-5H3,(H,17,19). The van der Waals surface area contributed by atoms with E-state index in [1.54, 1.807) is 11.3 Å². The van der Waals surface area contributed by atoms with Crippen LogP contribution in [0.2, 0.25) is 0 Å². The number of carbonyl (C=O) groups is 1. The van der Waals surface area contributed by atoms with Crippen molar-refractivity contribution in [2.75, 3.05) is 20.6 Å². The zero-order valence-corrected chi connectivity index (χ0v) is 14.0. The number of hydrogen-bond acceptors (Lipinski definition) is 4. The Kier molecular flexibility index (Phi) is 4.85. The van der Waals surface area contributed by atoms with Crippen molar-refractivity contribution in [3.63, 3.8) is 0 Å². The highest BCUT2D eigenvalue weighted by molar-refractivity contribution is 7.07. The van der Waals surface area contributed by atoms with Crippen molar-refractivity contribution in [2.24, 2.45) is 0 Å². The molecule has 0 aliphatic carbocycles. The molecule has 2 heterocycles. The topological polar surface area (TPSA) is 45.5 Å². The summed E-state index contributed by atoms with van der Waals surface area (Å²) in [5.41, 5.74) is 2.80. The number of nitrogens with zero attached hydrogens (tertiary/aromatic N) is 1. The van der Waals surface area contributed by atoms with E-state index in [1.165, 1.54) is 5.56 Å². The quantitative estimate of drug-likeness (QED) is 0.922. The first-order chi connectivity index (χ1) is 9.91. The van der Waals surface area contributed by atoms with Crippen molar-refractivity contribution < 1.29 is 9.21 Å². The maximum absolute atomic E-state index is 12.4. The molecule has 2 aromatic rings. The van der Waals surface area contributed by atoms with Crippen LogP contribution >= 0.6 is 11.3 Å². The Balaban J connectivity index is 2.09. The fraction of sp³-hybridized carbons (Fsp3) is 0.438. The molecule has 0 saturated heterocycles. The van der Waals surface area contributed by atoms with E-state index in [0.717, 1.165) is 11.3 Å². The Morgan fingerprint density at radius 3 is 2.52 bits per heavy atom. The lowest BCUT2D eigenvalue weighted by Crippen LogP contribution is -2.34. The molecule has 0 fully saturated rings. The second-order valence-electron chi connectivity index (χ2n) is 5.46. The number of nitrogens with one attached hydrogen (secondary N) is 1. The summed E-state index contributed by atoms with van der Waals surface area (Å²) in [7, 11) is 4.04. The van der Waals surface area contributed by atoms with Crippen LogP contribution < -0.4 is 5.32 Å². The number of carbonyl (C=O) groups excluding carboxylic acids is 1. The van der Waals surface area contributed by atoms with Crippen molar-refractivity contribution in [3.05, 3.63) is 45.0 Å². The molecule has 0 spiro atoms. The summed E-state index contributed by atoms with van der Waals surface area (Å²) in [6.07, 6.45) is 0. The predicted octanol–water partition coefficient (Wildman–Crippen LogP) is 3.30. The molecule has 0 aliphatic heterocycles. The van der Waals surface area contributed by atoms with Crippen LogP contribution in [0, 0.1) is 20.8 Å². The van der Waals surface area contributed by atoms with E-state index in [-0.39, 0.29) is 11.9 Å². The fourth-order valence-electron chi connectivity index (χ4n) is 2.47. The van der Waals surface area contributed by atoms with Crippen LogP contribution in [0.3, 0.4) is 0 Å². The summed E-state index contributed by atoms with van der Waals surface area (Å²) in [6.45, 7) is 6.21.